The van der Waals surface area contributed by atoms with Crippen molar-refractivity contribution < 1.29 is 9.18 Å². The van der Waals surface area contributed by atoms with Gasteiger partial charge in [-0.1, -0.05) is 24.3 Å². The first-order valence-electron chi connectivity index (χ1n) is 6.55. The highest BCUT2D eigenvalue weighted by atomic mass is 32.2. The molecule has 0 bridgehead atoms. The lowest BCUT2D eigenvalue weighted by molar-refractivity contribution is -0.163. The molecule has 106 valence electrons. The standard InChI is InChI=1S/C15H11FN2O2S/c16-15(13(20)18-6-3-7-21-14(15)18)10-8-9-4-1-2-5-11(9)17-12(10)19/h1-6,8,14H,7H2,(H,17,19)/t14-,15?/m0/s1. The smallest absolute Gasteiger partial charge is 0.273 e. The highest BCUT2D eigenvalue weighted by Crippen LogP contribution is 2.49. The average Bonchev–Trinajstić information content (AvgIpc) is 2.53. The van der Waals surface area contributed by atoms with Gasteiger partial charge in [0.25, 0.3) is 11.5 Å². The molecule has 1 aromatic carbocycles. The van der Waals surface area contributed by atoms with E-state index in [0.717, 1.165) is 0 Å². The first kappa shape index (κ1) is 12.6. The molecule has 4 nitrogen and oxygen atoms in total. The van der Waals surface area contributed by atoms with E-state index in [1.807, 2.05) is 12.1 Å². The van der Waals surface area contributed by atoms with E-state index in [1.54, 1.807) is 24.4 Å². The number of H-pyrrole nitrogens is 1. The van der Waals surface area contributed by atoms with Crippen LogP contribution in [0.15, 0.2) is 47.4 Å². The number of amides is 1. The summed E-state index contributed by atoms with van der Waals surface area (Å²) in [4.78, 5) is 28.3. The van der Waals surface area contributed by atoms with Crippen molar-refractivity contribution in [3.05, 3.63) is 58.5 Å². The normalized spacial score (nSPS) is 27.6. The third-order valence-corrected chi connectivity index (χ3v) is 5.15. The number of β-lactam (4-membered cyclic amide) rings is 1. The minimum Gasteiger partial charge on any atom is -0.322 e. The third-order valence-electron chi connectivity index (χ3n) is 3.90. The maximum atomic E-state index is 15.3. The highest BCUT2D eigenvalue weighted by Gasteiger charge is 2.64. The van der Waals surface area contributed by atoms with Gasteiger partial charge in [0.2, 0.25) is 5.67 Å². The number of pyridine rings is 1. The Morgan fingerprint density at radius 2 is 2.14 bits per heavy atom. The van der Waals surface area contributed by atoms with Crippen LogP contribution in [0.3, 0.4) is 0 Å². The average molecular weight is 302 g/mol. The van der Waals surface area contributed by atoms with Gasteiger partial charge < -0.3 is 4.98 Å². The number of benzene rings is 1. The molecule has 21 heavy (non-hydrogen) atoms. The summed E-state index contributed by atoms with van der Waals surface area (Å²) in [7, 11) is 0. The number of carbonyl (C=O) groups excluding carboxylic acids is 1. The molecule has 1 aromatic heterocycles. The zero-order valence-corrected chi connectivity index (χ0v) is 11.7. The number of carbonyl (C=O) groups is 1. The Morgan fingerprint density at radius 3 is 3.00 bits per heavy atom. The summed E-state index contributed by atoms with van der Waals surface area (Å²) < 4.78 is 15.3. The number of rotatable bonds is 1. The Morgan fingerprint density at radius 1 is 1.33 bits per heavy atom. The minimum absolute atomic E-state index is 0.102. The summed E-state index contributed by atoms with van der Waals surface area (Å²) in [6, 6.07) is 8.62. The molecular weight excluding hydrogens is 291 g/mol. The van der Waals surface area contributed by atoms with Gasteiger partial charge in [-0.2, -0.15) is 0 Å². The molecule has 0 spiro atoms. The fourth-order valence-corrected chi connectivity index (χ4v) is 4.00. The summed E-state index contributed by atoms with van der Waals surface area (Å²) >= 11 is 1.32. The molecule has 0 saturated carbocycles. The van der Waals surface area contributed by atoms with Crippen LogP contribution < -0.4 is 5.56 Å². The zero-order valence-electron chi connectivity index (χ0n) is 10.9. The van der Waals surface area contributed by atoms with Gasteiger partial charge in [-0.05, 0) is 17.5 Å². The van der Waals surface area contributed by atoms with Gasteiger partial charge in [0, 0.05) is 17.5 Å². The molecule has 6 heteroatoms. The van der Waals surface area contributed by atoms with E-state index in [9.17, 15) is 9.59 Å². The summed E-state index contributed by atoms with van der Waals surface area (Å²) in [5.41, 5.74) is -2.25. The lowest BCUT2D eigenvalue weighted by Gasteiger charge is -2.50. The van der Waals surface area contributed by atoms with E-state index in [4.69, 9.17) is 0 Å². The second-order valence-electron chi connectivity index (χ2n) is 5.09. The molecular formula is C15H11FN2O2S. The number of thioether (sulfide) groups is 1. The number of nitrogens with zero attached hydrogens (tertiary/aromatic N) is 1. The molecule has 2 aromatic rings. The van der Waals surface area contributed by atoms with Crippen LogP contribution in [0, 0.1) is 0 Å². The number of hydrogen-bond donors (Lipinski definition) is 1. The second-order valence-corrected chi connectivity index (χ2v) is 6.21. The predicted octanol–water partition coefficient (Wildman–Crippen LogP) is 2.12. The van der Waals surface area contributed by atoms with Crippen LogP contribution in [0.5, 0.6) is 0 Å². The van der Waals surface area contributed by atoms with Crippen LogP contribution in [0.25, 0.3) is 10.9 Å². The van der Waals surface area contributed by atoms with E-state index in [-0.39, 0.29) is 5.56 Å². The summed E-state index contributed by atoms with van der Waals surface area (Å²) in [5.74, 6) is -0.0391. The van der Waals surface area contributed by atoms with Gasteiger partial charge in [0.15, 0.2) is 0 Å². The molecule has 4 rings (SSSR count). The van der Waals surface area contributed by atoms with Crippen molar-refractivity contribution in [1.82, 2.24) is 9.88 Å². The Hall–Kier alpha value is -2.08. The zero-order chi connectivity index (χ0) is 14.6. The third kappa shape index (κ3) is 1.56. The van der Waals surface area contributed by atoms with Crippen LogP contribution in [-0.4, -0.2) is 26.9 Å². The lowest BCUT2D eigenvalue weighted by Crippen LogP contribution is -2.67. The minimum atomic E-state index is -2.24. The van der Waals surface area contributed by atoms with Crippen LogP contribution in [0.4, 0.5) is 4.39 Å². The summed E-state index contributed by atoms with van der Waals surface area (Å²) in [6.45, 7) is 0. The molecule has 0 radical (unpaired) electrons. The molecule has 2 aliphatic rings. The Balaban J connectivity index is 1.90. The van der Waals surface area contributed by atoms with E-state index < -0.39 is 22.5 Å². The fraction of sp³-hybridized carbons (Fsp3) is 0.200. The van der Waals surface area contributed by atoms with Crippen molar-refractivity contribution in [3.63, 3.8) is 0 Å². The fourth-order valence-electron chi connectivity index (χ4n) is 2.84. The van der Waals surface area contributed by atoms with Crippen molar-refractivity contribution in [3.8, 4) is 0 Å². The molecule has 2 aliphatic heterocycles. The molecule has 2 atom stereocenters. The topological polar surface area (TPSA) is 53.2 Å². The van der Waals surface area contributed by atoms with Crippen molar-refractivity contribution in [1.29, 1.82) is 0 Å². The summed E-state index contributed by atoms with van der Waals surface area (Å²) in [5, 5.41) is 0.0592. The van der Waals surface area contributed by atoms with Crippen LogP contribution >= 0.6 is 11.8 Å². The van der Waals surface area contributed by atoms with Crippen molar-refractivity contribution in [2.24, 2.45) is 0 Å². The number of hydrogen-bond acceptors (Lipinski definition) is 3. The van der Waals surface area contributed by atoms with E-state index in [0.29, 0.717) is 16.7 Å². The SMILES string of the molecule is O=C1N2C=CCS[C@H]2C1(F)c1cc2ccccc2[nH]c1=O. The largest absolute Gasteiger partial charge is 0.322 e. The molecule has 1 saturated heterocycles. The van der Waals surface area contributed by atoms with Gasteiger partial charge in [-0.3, -0.25) is 14.5 Å². The van der Waals surface area contributed by atoms with Crippen molar-refractivity contribution in [2.45, 2.75) is 11.0 Å². The van der Waals surface area contributed by atoms with Crippen LogP contribution in [0.2, 0.25) is 0 Å². The van der Waals surface area contributed by atoms with Crippen molar-refractivity contribution in [2.75, 3.05) is 5.75 Å². The Kier molecular flexibility index (Phi) is 2.53. The molecule has 1 amide bonds. The number of aromatic nitrogens is 1. The first-order chi connectivity index (χ1) is 10.1. The van der Waals surface area contributed by atoms with Gasteiger partial charge in [0.1, 0.15) is 5.37 Å². The number of nitrogens with one attached hydrogen (secondary N) is 1. The Labute approximate surface area is 123 Å². The predicted molar refractivity (Wildman–Crippen MR) is 79.6 cm³/mol. The van der Waals surface area contributed by atoms with Crippen molar-refractivity contribution >= 4 is 28.6 Å². The van der Waals surface area contributed by atoms with Crippen LogP contribution in [0.1, 0.15) is 5.56 Å². The van der Waals surface area contributed by atoms with Gasteiger partial charge >= 0.3 is 0 Å². The van der Waals surface area contributed by atoms with Gasteiger partial charge in [0.05, 0.1) is 5.56 Å². The number of alkyl halides is 1. The Bertz CT molecular complexity index is 847. The van der Waals surface area contributed by atoms with E-state index in [2.05, 4.69) is 4.98 Å². The molecule has 1 N–H and O–H groups in total. The van der Waals surface area contributed by atoms with Gasteiger partial charge in [-0.15, -0.1) is 11.8 Å². The maximum Gasteiger partial charge on any atom is 0.273 e. The van der Waals surface area contributed by atoms with Crippen LogP contribution in [-0.2, 0) is 10.5 Å². The highest BCUT2D eigenvalue weighted by molar-refractivity contribution is 8.00. The molecule has 0 aliphatic carbocycles. The summed E-state index contributed by atoms with van der Waals surface area (Å²) in [6.07, 6.45) is 3.40. The molecule has 3 heterocycles. The van der Waals surface area contributed by atoms with Gasteiger partial charge in [-0.25, -0.2) is 4.39 Å². The molecule has 1 fully saturated rings. The number of aromatic amines is 1. The second kappa shape index (κ2) is 4.21. The van der Waals surface area contributed by atoms with E-state index in [1.165, 1.54) is 22.7 Å². The monoisotopic (exact) mass is 302 g/mol. The first-order valence-corrected chi connectivity index (χ1v) is 7.60. The quantitative estimate of drug-likeness (QED) is 0.821. The lowest BCUT2D eigenvalue weighted by atomic mass is 9.86. The maximum absolute atomic E-state index is 15.3. The van der Waals surface area contributed by atoms with E-state index >= 15 is 4.39 Å². The number of fused-ring (bicyclic) bond motifs is 2. The molecule has 1 unspecified atom stereocenters. The number of halogens is 1. The number of para-hydroxylation sites is 1.